The van der Waals surface area contributed by atoms with E-state index in [0.29, 0.717) is 5.56 Å². The molecule has 0 saturated carbocycles. The average molecular weight is 398 g/mol. The summed E-state index contributed by atoms with van der Waals surface area (Å²) in [6.45, 7) is 3.66. The second-order valence-corrected chi connectivity index (χ2v) is 6.89. The van der Waals surface area contributed by atoms with Gasteiger partial charge in [-0.3, -0.25) is 9.59 Å². The van der Waals surface area contributed by atoms with E-state index in [-0.39, 0.29) is 23.6 Å². The van der Waals surface area contributed by atoms with Crippen LogP contribution in [0.15, 0.2) is 60.3 Å². The Labute approximate surface area is 168 Å². The van der Waals surface area contributed by atoms with Gasteiger partial charge in [0.05, 0.1) is 0 Å². The molecular formula is C22H23FN2O4. The van der Waals surface area contributed by atoms with Crippen LogP contribution in [0.1, 0.15) is 36.2 Å². The lowest BCUT2D eigenvalue weighted by Crippen LogP contribution is -2.45. The van der Waals surface area contributed by atoms with E-state index < -0.39 is 29.6 Å². The molecule has 1 unspecified atom stereocenters. The van der Waals surface area contributed by atoms with Crippen LogP contribution in [0.5, 0.6) is 0 Å². The molecule has 0 spiro atoms. The molecule has 2 amide bonds. The van der Waals surface area contributed by atoms with Gasteiger partial charge >= 0.3 is 5.97 Å². The van der Waals surface area contributed by atoms with Crippen LogP contribution in [0.3, 0.4) is 0 Å². The van der Waals surface area contributed by atoms with Crippen molar-refractivity contribution in [3.05, 3.63) is 77.2 Å². The van der Waals surface area contributed by atoms with Gasteiger partial charge in [0.1, 0.15) is 17.6 Å². The third-order valence-corrected chi connectivity index (χ3v) is 4.04. The van der Waals surface area contributed by atoms with Crippen LogP contribution in [0, 0.1) is 11.7 Å². The molecule has 0 fully saturated rings. The van der Waals surface area contributed by atoms with Gasteiger partial charge in [-0.1, -0.05) is 50.2 Å². The predicted molar refractivity (Wildman–Crippen MR) is 107 cm³/mol. The zero-order valence-corrected chi connectivity index (χ0v) is 16.2. The normalized spacial score (nSPS) is 12.3. The lowest BCUT2D eigenvalue weighted by molar-refractivity contribution is -0.141. The number of aliphatic carboxylic acids is 1. The van der Waals surface area contributed by atoms with Crippen molar-refractivity contribution < 1.29 is 23.9 Å². The Hall–Kier alpha value is -3.48. The molecule has 0 aliphatic heterocycles. The fourth-order valence-corrected chi connectivity index (χ4v) is 2.62. The Balaban J connectivity index is 2.33. The minimum atomic E-state index is -1.19. The number of benzene rings is 2. The molecule has 152 valence electrons. The van der Waals surface area contributed by atoms with Gasteiger partial charge in [0.2, 0.25) is 0 Å². The van der Waals surface area contributed by atoms with Crippen molar-refractivity contribution in [3.8, 4) is 0 Å². The smallest absolute Gasteiger partial charge is 0.326 e. The van der Waals surface area contributed by atoms with Crippen LogP contribution >= 0.6 is 0 Å². The van der Waals surface area contributed by atoms with Gasteiger partial charge in [-0.05, 0) is 36.6 Å². The highest BCUT2D eigenvalue weighted by atomic mass is 19.1. The monoisotopic (exact) mass is 398 g/mol. The predicted octanol–water partition coefficient (Wildman–Crippen LogP) is 3.21. The Morgan fingerprint density at radius 3 is 2.24 bits per heavy atom. The van der Waals surface area contributed by atoms with Crippen LogP contribution in [0.25, 0.3) is 6.08 Å². The highest BCUT2D eigenvalue weighted by Crippen LogP contribution is 2.12. The van der Waals surface area contributed by atoms with Gasteiger partial charge < -0.3 is 15.7 Å². The minimum absolute atomic E-state index is 0.0225. The molecule has 29 heavy (non-hydrogen) atoms. The van der Waals surface area contributed by atoms with Crippen molar-refractivity contribution in [2.24, 2.45) is 5.92 Å². The van der Waals surface area contributed by atoms with Crippen molar-refractivity contribution in [1.29, 1.82) is 0 Å². The standard InChI is InChI=1S/C22H23FN2O4/c1-14(2)12-19(22(28)29)25-21(27)18(13-16-10-6-7-11-17(16)23)24-20(26)15-8-4-3-5-9-15/h3-11,13-14,19H,12H2,1-2H3,(H,24,26)(H,25,27)(H,28,29)/b18-13-. The van der Waals surface area contributed by atoms with Gasteiger partial charge in [-0.25, -0.2) is 9.18 Å². The summed E-state index contributed by atoms with van der Waals surface area (Å²) >= 11 is 0. The molecule has 1 atom stereocenters. The fraction of sp³-hybridized carbons (Fsp3) is 0.227. The molecule has 0 aromatic heterocycles. The number of hydrogen-bond acceptors (Lipinski definition) is 3. The minimum Gasteiger partial charge on any atom is -0.480 e. The number of carboxylic acids is 1. The third-order valence-electron chi connectivity index (χ3n) is 4.04. The maximum atomic E-state index is 14.1. The number of carbonyl (C=O) groups excluding carboxylic acids is 2. The van der Waals surface area contributed by atoms with Crippen LogP contribution in [0.2, 0.25) is 0 Å². The first-order valence-corrected chi connectivity index (χ1v) is 9.14. The lowest BCUT2D eigenvalue weighted by atomic mass is 10.0. The summed E-state index contributed by atoms with van der Waals surface area (Å²) in [5.74, 6) is -3.13. The van der Waals surface area contributed by atoms with E-state index in [2.05, 4.69) is 10.6 Å². The number of nitrogens with one attached hydrogen (secondary N) is 2. The maximum Gasteiger partial charge on any atom is 0.326 e. The van der Waals surface area contributed by atoms with E-state index in [0.717, 1.165) is 0 Å². The van der Waals surface area contributed by atoms with Gasteiger partial charge in [0.25, 0.3) is 11.8 Å². The van der Waals surface area contributed by atoms with Gasteiger partial charge in [-0.15, -0.1) is 0 Å². The summed E-state index contributed by atoms with van der Waals surface area (Å²) in [4.78, 5) is 36.7. The van der Waals surface area contributed by atoms with Crippen molar-refractivity contribution in [2.75, 3.05) is 0 Å². The maximum absolute atomic E-state index is 14.1. The number of halogens is 1. The van der Waals surface area contributed by atoms with Gasteiger partial charge in [-0.2, -0.15) is 0 Å². The van der Waals surface area contributed by atoms with Crippen LogP contribution in [-0.2, 0) is 9.59 Å². The van der Waals surface area contributed by atoms with Crippen molar-refractivity contribution in [3.63, 3.8) is 0 Å². The zero-order chi connectivity index (χ0) is 21.4. The first-order chi connectivity index (χ1) is 13.8. The number of hydrogen-bond donors (Lipinski definition) is 3. The zero-order valence-electron chi connectivity index (χ0n) is 16.2. The van der Waals surface area contributed by atoms with Crippen LogP contribution in [-0.4, -0.2) is 28.9 Å². The summed E-state index contributed by atoms with van der Waals surface area (Å²) in [5, 5.41) is 14.2. The summed E-state index contributed by atoms with van der Waals surface area (Å²) in [7, 11) is 0. The van der Waals surface area contributed by atoms with Gasteiger partial charge in [0.15, 0.2) is 0 Å². The summed E-state index contributed by atoms with van der Waals surface area (Å²) in [5.41, 5.74) is 0.136. The molecule has 2 aromatic rings. The largest absolute Gasteiger partial charge is 0.480 e. The van der Waals surface area contributed by atoms with E-state index in [1.54, 1.807) is 36.4 Å². The second kappa shape index (κ2) is 10.2. The number of carbonyl (C=O) groups is 3. The third kappa shape index (κ3) is 6.57. The van der Waals surface area contributed by atoms with Crippen LogP contribution in [0.4, 0.5) is 4.39 Å². The summed E-state index contributed by atoms with van der Waals surface area (Å²) in [6.07, 6.45) is 1.39. The summed E-state index contributed by atoms with van der Waals surface area (Å²) in [6, 6.07) is 12.8. The molecule has 6 nitrogen and oxygen atoms in total. The van der Waals surface area contributed by atoms with Gasteiger partial charge in [0, 0.05) is 11.1 Å². The number of amides is 2. The Kier molecular flexibility index (Phi) is 7.65. The molecule has 0 saturated heterocycles. The highest BCUT2D eigenvalue weighted by molar-refractivity contribution is 6.06. The highest BCUT2D eigenvalue weighted by Gasteiger charge is 2.24. The van der Waals surface area contributed by atoms with Crippen molar-refractivity contribution in [2.45, 2.75) is 26.3 Å². The number of carboxylic acid groups (broad SMARTS) is 1. The van der Waals surface area contributed by atoms with E-state index >= 15 is 0 Å². The molecular weight excluding hydrogens is 375 g/mol. The summed E-state index contributed by atoms with van der Waals surface area (Å²) < 4.78 is 14.1. The Morgan fingerprint density at radius 1 is 1.03 bits per heavy atom. The van der Waals surface area contributed by atoms with Crippen molar-refractivity contribution >= 4 is 23.9 Å². The Morgan fingerprint density at radius 2 is 1.66 bits per heavy atom. The molecule has 2 aromatic carbocycles. The molecule has 0 aliphatic carbocycles. The first-order valence-electron chi connectivity index (χ1n) is 9.14. The SMILES string of the molecule is CC(C)CC(NC(=O)/C(=C/c1ccccc1F)NC(=O)c1ccccc1)C(=O)O. The van der Waals surface area contributed by atoms with E-state index in [4.69, 9.17) is 0 Å². The van der Waals surface area contributed by atoms with E-state index in [9.17, 15) is 23.9 Å². The molecule has 2 rings (SSSR count). The second-order valence-electron chi connectivity index (χ2n) is 6.89. The molecule has 0 radical (unpaired) electrons. The quantitative estimate of drug-likeness (QED) is 0.595. The van der Waals surface area contributed by atoms with Crippen LogP contribution < -0.4 is 10.6 Å². The molecule has 7 heteroatoms. The number of rotatable bonds is 8. The lowest BCUT2D eigenvalue weighted by Gasteiger charge is -2.18. The first kappa shape index (κ1) is 21.8. The molecule has 0 bridgehead atoms. The molecule has 0 aliphatic rings. The van der Waals surface area contributed by atoms with E-state index in [1.165, 1.54) is 24.3 Å². The molecule has 0 heterocycles. The molecule has 3 N–H and O–H groups in total. The topological polar surface area (TPSA) is 95.5 Å². The van der Waals surface area contributed by atoms with E-state index in [1.807, 2.05) is 13.8 Å². The van der Waals surface area contributed by atoms with Crippen molar-refractivity contribution in [1.82, 2.24) is 10.6 Å². The average Bonchev–Trinajstić information content (AvgIpc) is 2.68. The fourth-order valence-electron chi connectivity index (χ4n) is 2.62. The Bertz CT molecular complexity index is 910.